The molecule has 144 valence electrons. The summed E-state index contributed by atoms with van der Waals surface area (Å²) in [5.41, 5.74) is 0.134. The normalized spacial score (nSPS) is 11.1. The number of esters is 1. The lowest BCUT2D eigenvalue weighted by molar-refractivity contribution is -0.141. The quantitative estimate of drug-likeness (QED) is 0.723. The molecule has 0 unspecified atom stereocenters. The Morgan fingerprint density at radius 1 is 1.15 bits per heavy atom. The molecule has 27 heavy (non-hydrogen) atoms. The highest BCUT2D eigenvalue weighted by atomic mass is 32.2. The number of nitrogens with zero attached hydrogens (tertiary/aromatic N) is 1. The van der Waals surface area contributed by atoms with Gasteiger partial charge in [0.25, 0.3) is 10.0 Å². The van der Waals surface area contributed by atoms with Crippen LogP contribution in [0.4, 0.5) is 10.1 Å². The van der Waals surface area contributed by atoms with Gasteiger partial charge in [-0.2, -0.15) is 0 Å². The summed E-state index contributed by atoms with van der Waals surface area (Å²) in [5, 5.41) is 9.14. The fourth-order valence-corrected chi connectivity index (χ4v) is 4.04. The predicted octanol–water partition coefficient (Wildman–Crippen LogP) is 2.59. The third kappa shape index (κ3) is 4.62. The molecular formula is C18H18FNO6S. The second-order valence-electron chi connectivity index (χ2n) is 5.58. The lowest BCUT2D eigenvalue weighted by atomic mass is 10.1. The highest BCUT2D eigenvalue weighted by Gasteiger charge is 2.30. The number of halogens is 1. The first-order valence-corrected chi connectivity index (χ1v) is 9.38. The van der Waals surface area contributed by atoms with E-state index < -0.39 is 34.3 Å². The lowest BCUT2D eigenvalue weighted by Gasteiger charge is -2.24. The van der Waals surface area contributed by atoms with E-state index in [9.17, 15) is 22.4 Å². The number of rotatable bonds is 7. The van der Waals surface area contributed by atoms with Crippen molar-refractivity contribution in [2.24, 2.45) is 0 Å². The fraction of sp³-hybridized carbons (Fsp3) is 0.222. The molecule has 0 bridgehead atoms. The molecule has 0 heterocycles. The molecule has 0 radical (unpaired) electrons. The molecule has 0 atom stereocenters. The monoisotopic (exact) mass is 395 g/mol. The smallest absolute Gasteiger partial charge is 0.335 e. The summed E-state index contributed by atoms with van der Waals surface area (Å²) < 4.78 is 45.2. The first-order chi connectivity index (χ1) is 12.7. The summed E-state index contributed by atoms with van der Waals surface area (Å²) in [7, 11) is -4.32. The summed E-state index contributed by atoms with van der Waals surface area (Å²) in [6.45, 7) is 2.50. The molecule has 0 aromatic heterocycles. The molecule has 0 fully saturated rings. The van der Waals surface area contributed by atoms with E-state index in [1.165, 1.54) is 31.2 Å². The molecule has 7 nitrogen and oxygen atoms in total. The van der Waals surface area contributed by atoms with E-state index in [0.29, 0.717) is 5.56 Å². The molecule has 0 saturated heterocycles. The molecule has 2 aromatic rings. The molecule has 1 N–H and O–H groups in total. The van der Waals surface area contributed by atoms with E-state index in [1.807, 2.05) is 0 Å². The van der Waals surface area contributed by atoms with Crippen molar-refractivity contribution in [2.75, 3.05) is 17.5 Å². The van der Waals surface area contributed by atoms with Crippen LogP contribution in [0.1, 0.15) is 22.8 Å². The average molecular weight is 395 g/mol. The number of carbonyl (C=O) groups excluding carboxylic acids is 1. The molecule has 0 saturated carbocycles. The van der Waals surface area contributed by atoms with Gasteiger partial charge in [0.05, 0.1) is 22.8 Å². The van der Waals surface area contributed by atoms with Crippen molar-refractivity contribution < 1.29 is 32.2 Å². The first-order valence-electron chi connectivity index (χ1n) is 7.94. The van der Waals surface area contributed by atoms with Crippen molar-refractivity contribution in [3.8, 4) is 0 Å². The second kappa shape index (κ2) is 8.17. The number of carboxylic acids is 1. The maximum absolute atomic E-state index is 13.2. The maximum Gasteiger partial charge on any atom is 0.335 e. The number of benzene rings is 2. The van der Waals surface area contributed by atoms with Crippen LogP contribution in [0.5, 0.6) is 0 Å². The summed E-state index contributed by atoms with van der Waals surface area (Å²) in [6, 6.07) is 8.21. The molecule has 2 rings (SSSR count). The Morgan fingerprint density at radius 2 is 1.78 bits per heavy atom. The number of carboxylic acid groups (broad SMARTS) is 1. The van der Waals surface area contributed by atoms with Gasteiger partial charge in [0.15, 0.2) is 0 Å². The number of aryl methyl sites for hydroxylation is 1. The van der Waals surface area contributed by atoms with Gasteiger partial charge in [-0.3, -0.25) is 9.10 Å². The van der Waals surface area contributed by atoms with Crippen LogP contribution in [0, 0.1) is 12.7 Å². The van der Waals surface area contributed by atoms with Crippen LogP contribution < -0.4 is 4.31 Å². The fourth-order valence-electron chi connectivity index (χ4n) is 2.38. The highest BCUT2D eigenvalue weighted by molar-refractivity contribution is 7.93. The molecule has 0 aliphatic carbocycles. The highest BCUT2D eigenvalue weighted by Crippen LogP contribution is 2.27. The molecule has 0 spiro atoms. The summed E-state index contributed by atoms with van der Waals surface area (Å²) in [6.07, 6.45) is 0. The zero-order chi connectivity index (χ0) is 20.2. The van der Waals surface area contributed by atoms with Crippen LogP contribution in [0.2, 0.25) is 0 Å². The Labute approximate surface area is 156 Å². The Kier molecular flexibility index (Phi) is 6.17. The molecular weight excluding hydrogens is 377 g/mol. The van der Waals surface area contributed by atoms with Gasteiger partial charge in [0.1, 0.15) is 12.4 Å². The van der Waals surface area contributed by atoms with Crippen LogP contribution in [-0.4, -0.2) is 38.6 Å². The third-order valence-corrected chi connectivity index (χ3v) is 5.61. The summed E-state index contributed by atoms with van der Waals surface area (Å²) in [5.74, 6) is -2.65. The minimum absolute atomic E-state index is 0.0459. The lowest BCUT2D eigenvalue weighted by Crippen LogP contribution is -2.37. The Morgan fingerprint density at radius 3 is 2.33 bits per heavy atom. The van der Waals surface area contributed by atoms with Crippen molar-refractivity contribution in [3.63, 3.8) is 0 Å². The van der Waals surface area contributed by atoms with Gasteiger partial charge in [0.2, 0.25) is 0 Å². The second-order valence-corrected chi connectivity index (χ2v) is 7.41. The zero-order valence-corrected chi connectivity index (χ0v) is 15.5. The van der Waals surface area contributed by atoms with Crippen LogP contribution >= 0.6 is 0 Å². The van der Waals surface area contributed by atoms with Gasteiger partial charge < -0.3 is 9.84 Å². The van der Waals surface area contributed by atoms with Crippen molar-refractivity contribution in [1.29, 1.82) is 0 Å². The predicted molar refractivity (Wildman–Crippen MR) is 95.7 cm³/mol. The maximum atomic E-state index is 13.2. The molecule has 0 aliphatic rings. The Bertz CT molecular complexity index is 956. The van der Waals surface area contributed by atoms with E-state index in [4.69, 9.17) is 9.84 Å². The minimum atomic E-state index is -4.32. The van der Waals surface area contributed by atoms with E-state index in [1.54, 1.807) is 6.92 Å². The number of aromatic carboxylic acids is 1. The zero-order valence-electron chi connectivity index (χ0n) is 14.7. The van der Waals surface area contributed by atoms with E-state index in [0.717, 1.165) is 22.5 Å². The minimum Gasteiger partial charge on any atom is -0.478 e. The van der Waals surface area contributed by atoms with Crippen molar-refractivity contribution in [3.05, 3.63) is 59.4 Å². The van der Waals surface area contributed by atoms with Crippen LogP contribution in [0.3, 0.4) is 0 Å². The van der Waals surface area contributed by atoms with E-state index in [-0.39, 0.29) is 22.8 Å². The number of anilines is 1. The summed E-state index contributed by atoms with van der Waals surface area (Å²) in [4.78, 5) is 22.9. The Hall–Kier alpha value is -2.94. The van der Waals surface area contributed by atoms with Gasteiger partial charge in [-0.25, -0.2) is 17.6 Å². The van der Waals surface area contributed by atoms with Crippen molar-refractivity contribution in [2.45, 2.75) is 18.7 Å². The number of hydrogen-bond acceptors (Lipinski definition) is 5. The Balaban J connectivity index is 2.59. The van der Waals surface area contributed by atoms with Crippen molar-refractivity contribution in [1.82, 2.24) is 0 Å². The van der Waals surface area contributed by atoms with Crippen molar-refractivity contribution >= 4 is 27.6 Å². The van der Waals surface area contributed by atoms with Gasteiger partial charge in [-0.1, -0.05) is 6.07 Å². The third-order valence-electron chi connectivity index (χ3n) is 3.70. The number of ether oxygens (including phenoxy) is 1. The van der Waals surface area contributed by atoms with Crippen LogP contribution in [0.15, 0.2) is 47.4 Å². The SMILES string of the molecule is CCOC(=O)CN(c1ccc(F)cc1)S(=O)(=O)c1cc(C(=O)O)ccc1C. The summed E-state index contributed by atoms with van der Waals surface area (Å²) >= 11 is 0. The molecule has 0 aliphatic heterocycles. The molecule has 0 amide bonds. The van der Waals surface area contributed by atoms with Gasteiger partial charge in [-0.05, 0) is 55.8 Å². The van der Waals surface area contributed by atoms with E-state index >= 15 is 0 Å². The van der Waals surface area contributed by atoms with Crippen LogP contribution in [-0.2, 0) is 19.6 Å². The average Bonchev–Trinajstić information content (AvgIpc) is 2.60. The van der Waals surface area contributed by atoms with Crippen LogP contribution in [0.25, 0.3) is 0 Å². The van der Waals surface area contributed by atoms with Gasteiger partial charge in [0, 0.05) is 0 Å². The molecule has 2 aromatic carbocycles. The van der Waals surface area contributed by atoms with Gasteiger partial charge in [-0.15, -0.1) is 0 Å². The largest absolute Gasteiger partial charge is 0.478 e. The standard InChI is InChI=1S/C18H18FNO6S/c1-3-26-17(21)11-20(15-8-6-14(19)7-9-15)27(24,25)16-10-13(18(22)23)5-4-12(16)2/h4-10H,3,11H2,1-2H3,(H,22,23). The number of hydrogen-bond donors (Lipinski definition) is 1. The number of carbonyl (C=O) groups is 2. The first kappa shape index (κ1) is 20.4. The topological polar surface area (TPSA) is 101 Å². The van der Waals surface area contributed by atoms with E-state index in [2.05, 4.69) is 0 Å². The molecule has 9 heteroatoms. The van der Waals surface area contributed by atoms with Gasteiger partial charge >= 0.3 is 11.9 Å². The number of sulfonamides is 1.